The Morgan fingerprint density at radius 2 is 1.20 bits per heavy atom. The monoisotopic (exact) mass is 1220 g/mol. The van der Waals surface area contributed by atoms with Crippen molar-refractivity contribution in [3.05, 3.63) is 247 Å². The molecule has 13 rings (SSSR count). The maximum absolute atomic E-state index is 9.22. The average molecular weight is 1220 g/mol. The van der Waals surface area contributed by atoms with Gasteiger partial charge in [-0.2, -0.15) is 0 Å². The van der Waals surface area contributed by atoms with Crippen LogP contribution in [0.3, 0.4) is 0 Å². The Hall–Kier alpha value is -8.57. The molecular formula is C72H58N4O2Pt-2. The number of hydrogen-bond acceptors (Lipinski definition) is 3. The first-order chi connectivity index (χ1) is 42.1. The molecule has 7 heteroatoms. The van der Waals surface area contributed by atoms with Crippen LogP contribution in [0.25, 0.3) is 106 Å². The van der Waals surface area contributed by atoms with Crippen molar-refractivity contribution in [2.75, 3.05) is 0 Å². The normalized spacial score (nSPS) is 13.6. The van der Waals surface area contributed by atoms with Crippen molar-refractivity contribution in [1.29, 1.82) is 0 Å². The molecular weight excluding hydrogens is 1150 g/mol. The molecule has 10 aromatic carbocycles. The molecule has 6 nitrogen and oxygen atoms in total. The van der Waals surface area contributed by atoms with Gasteiger partial charge in [0.25, 0.3) is 6.33 Å². The minimum absolute atomic E-state index is 0. The van der Waals surface area contributed by atoms with E-state index in [0.717, 1.165) is 38.8 Å². The molecule has 0 N–H and O–H groups in total. The molecule has 0 amide bonds. The van der Waals surface area contributed by atoms with E-state index >= 15 is 0 Å². The van der Waals surface area contributed by atoms with Crippen molar-refractivity contribution in [3.8, 4) is 73.3 Å². The Kier molecular flexibility index (Phi) is 10.6. The average Bonchev–Trinajstić information content (AvgIpc) is 1.84. The second kappa shape index (κ2) is 20.7. The molecule has 0 saturated carbocycles. The van der Waals surface area contributed by atoms with Gasteiger partial charge in [-0.25, -0.2) is 0 Å². The Bertz CT molecular complexity index is 4850. The summed E-state index contributed by atoms with van der Waals surface area (Å²) < 4.78 is 108. The first-order valence-electron chi connectivity index (χ1n) is 31.2. The van der Waals surface area contributed by atoms with Gasteiger partial charge in [-0.3, -0.25) is 9.55 Å². The number of benzene rings is 10. The summed E-state index contributed by atoms with van der Waals surface area (Å²) in [6.07, 6.45) is 3.52. The van der Waals surface area contributed by atoms with E-state index in [9.17, 15) is 5.48 Å². The third-order valence-corrected chi connectivity index (χ3v) is 14.4. The summed E-state index contributed by atoms with van der Waals surface area (Å²) in [4.78, 5) is 5.44. The van der Waals surface area contributed by atoms with Crippen LogP contribution in [0.5, 0.6) is 11.5 Å². The van der Waals surface area contributed by atoms with Crippen LogP contribution in [0.1, 0.15) is 90.7 Å². The fourth-order valence-electron chi connectivity index (χ4n) is 10.6. The molecule has 0 spiro atoms. The number of imidazole rings is 2. The number of para-hydroxylation sites is 6. The molecule has 0 unspecified atom stereocenters. The summed E-state index contributed by atoms with van der Waals surface area (Å²) in [5.41, 5.74) is 11.2. The summed E-state index contributed by atoms with van der Waals surface area (Å²) >= 11 is 0. The van der Waals surface area contributed by atoms with Gasteiger partial charge in [-0.15, -0.1) is 29.3 Å². The number of aromatic nitrogens is 4. The minimum atomic E-state index is -0.588. The second-order valence-corrected chi connectivity index (χ2v) is 21.2. The van der Waals surface area contributed by atoms with Crippen molar-refractivity contribution in [2.24, 2.45) is 0 Å². The molecule has 0 saturated heterocycles. The van der Waals surface area contributed by atoms with Crippen molar-refractivity contribution in [1.82, 2.24) is 14.1 Å². The largest absolute Gasteiger partial charge is 0.519 e. The van der Waals surface area contributed by atoms with Crippen molar-refractivity contribution >= 4 is 44.0 Å². The molecule has 13 aromatic rings. The van der Waals surface area contributed by atoms with E-state index in [-0.39, 0.29) is 66.3 Å². The van der Waals surface area contributed by atoms with Gasteiger partial charge in [0.05, 0.1) is 47.3 Å². The number of furan rings is 1. The number of hydrogen-bond donors (Lipinski definition) is 0. The number of fused-ring (bicyclic) bond motifs is 5. The maximum Gasteiger partial charge on any atom is 0.268 e. The van der Waals surface area contributed by atoms with Crippen molar-refractivity contribution in [3.63, 3.8) is 0 Å². The molecule has 0 aliphatic carbocycles. The smallest absolute Gasteiger partial charge is 0.268 e. The zero-order chi connectivity index (χ0) is 61.9. The van der Waals surface area contributed by atoms with E-state index in [1.54, 1.807) is 27.3 Å². The Morgan fingerprint density at radius 3 is 1.87 bits per heavy atom. The van der Waals surface area contributed by atoms with Gasteiger partial charge in [0.15, 0.2) is 0 Å². The minimum Gasteiger partial charge on any atom is -0.519 e. The van der Waals surface area contributed by atoms with Crippen LogP contribution in [-0.4, -0.2) is 14.1 Å². The zero-order valence-electron chi connectivity index (χ0n) is 54.5. The van der Waals surface area contributed by atoms with Gasteiger partial charge in [0, 0.05) is 49.2 Å². The molecule has 0 radical (unpaired) electrons. The van der Waals surface area contributed by atoms with E-state index in [2.05, 4.69) is 120 Å². The van der Waals surface area contributed by atoms with E-state index < -0.39 is 60.4 Å². The molecule has 3 heterocycles. The topological polar surface area (TPSA) is 49.0 Å². The van der Waals surface area contributed by atoms with Gasteiger partial charge in [-0.1, -0.05) is 230 Å². The fraction of sp³-hybridized carbons (Fsp3) is 0.139. The summed E-state index contributed by atoms with van der Waals surface area (Å²) in [6.45, 7) is 15.4. The van der Waals surface area contributed by atoms with Crippen LogP contribution in [0, 0.1) is 18.5 Å². The van der Waals surface area contributed by atoms with E-state index in [4.69, 9.17) is 22.4 Å². The quantitative estimate of drug-likeness (QED) is 0.0958. The number of rotatable bonds is 11. The van der Waals surface area contributed by atoms with Gasteiger partial charge < -0.3 is 18.3 Å². The van der Waals surface area contributed by atoms with Gasteiger partial charge in [0.1, 0.15) is 5.58 Å². The Labute approximate surface area is 490 Å². The number of ether oxygens (including phenoxy) is 1. The van der Waals surface area contributed by atoms with E-state index in [0.29, 0.717) is 56.2 Å². The molecule has 0 aliphatic rings. The maximum atomic E-state index is 9.22. The predicted molar refractivity (Wildman–Crippen MR) is 318 cm³/mol. The Balaban J connectivity index is 0.00000769. The van der Waals surface area contributed by atoms with Crippen molar-refractivity contribution in [2.45, 2.75) is 65.7 Å². The molecule has 3 aromatic heterocycles. The molecule has 0 atom stereocenters. The summed E-state index contributed by atoms with van der Waals surface area (Å²) in [5.74, 6) is 1.67. The van der Waals surface area contributed by atoms with Crippen LogP contribution in [0.4, 0.5) is 0 Å². The van der Waals surface area contributed by atoms with Crippen LogP contribution in [0.2, 0.25) is 0 Å². The first-order valence-corrected chi connectivity index (χ1v) is 26.2. The van der Waals surface area contributed by atoms with Gasteiger partial charge >= 0.3 is 0 Å². The fourth-order valence-corrected chi connectivity index (χ4v) is 10.6. The SMILES string of the molecule is [2H]c1c([2H])c([2H])c(-c2cccc(-c3c([2H])c([2H])c([2H])c([2H])c3[2H])c2-[n+]2[c-]n(-c3[c-]c(Oc4[c-]c(-c5nc6ccccc6n5-c5c(C(C)C)cc(-c6ccccc6)cc5C(C)C)cc(C(C)(C)C)c4)cc4c3oc3ccccc34)c3ccccc32)c([2H])c1[2H].[Pt]. The van der Waals surface area contributed by atoms with Crippen LogP contribution >= 0.6 is 0 Å². The molecule has 390 valence electrons. The standard InChI is InChI=1S/C72H58N4O2.Pt/c1-46(2)59-40-51(48-24-11-8-12-25-48)41-60(47(3)4)69(59)76-63-34-19-18-33-62(63)73-71(76)52-38-53(72(5,6)7)42-54(39-52)77-55-43-61-58-30-17-22-37-67(58)78-70(61)66(44-55)74-45-75(65-36-21-20-35-64(65)74)68-56(49-26-13-9-14-27-49)31-23-32-57(68)50-28-15-10-16-29-50;/h8-38,40-43,46-47H,1-7H3;/q-2;/i9D,10D,13D,14D,15D,16D,26D,27D,28D,29D;. The van der Waals surface area contributed by atoms with E-state index in [1.807, 2.05) is 84.9 Å². The van der Waals surface area contributed by atoms with Crippen LogP contribution in [0.15, 0.2) is 217 Å². The van der Waals surface area contributed by atoms with Gasteiger partial charge in [0.2, 0.25) is 0 Å². The second-order valence-electron chi connectivity index (χ2n) is 21.2. The number of nitrogens with zero attached hydrogens (tertiary/aromatic N) is 4. The molecule has 0 fully saturated rings. The molecule has 0 bridgehead atoms. The first kappa shape index (κ1) is 40.6. The third-order valence-electron chi connectivity index (χ3n) is 14.4. The summed E-state index contributed by atoms with van der Waals surface area (Å²) in [7, 11) is 0. The third kappa shape index (κ3) is 9.28. The molecule has 79 heavy (non-hydrogen) atoms. The summed E-state index contributed by atoms with van der Waals surface area (Å²) in [6, 6.07) is 50.9. The summed E-state index contributed by atoms with van der Waals surface area (Å²) in [5, 5.41) is 1.48. The van der Waals surface area contributed by atoms with Crippen LogP contribution < -0.4 is 9.30 Å². The Morgan fingerprint density at radius 1 is 0.595 bits per heavy atom. The van der Waals surface area contributed by atoms with Crippen LogP contribution in [-0.2, 0) is 26.5 Å². The van der Waals surface area contributed by atoms with Gasteiger partial charge in [-0.05, 0) is 97.8 Å². The van der Waals surface area contributed by atoms with E-state index in [1.165, 1.54) is 11.1 Å². The predicted octanol–water partition coefficient (Wildman–Crippen LogP) is 18.5. The zero-order valence-corrected chi connectivity index (χ0v) is 46.8. The molecule has 0 aliphatic heterocycles. The van der Waals surface area contributed by atoms with Crippen molar-refractivity contribution < 1.29 is 48.5 Å².